The van der Waals surface area contributed by atoms with Crippen LogP contribution in [0.5, 0.6) is 0 Å². The highest BCUT2D eigenvalue weighted by atomic mass is 16.3. The van der Waals surface area contributed by atoms with Gasteiger partial charge in [0.05, 0.1) is 0 Å². The Bertz CT molecular complexity index is 154. The van der Waals surface area contributed by atoms with E-state index in [2.05, 4.69) is 10.5 Å². The van der Waals surface area contributed by atoms with Crippen LogP contribution in [0.1, 0.15) is 6.92 Å². The van der Waals surface area contributed by atoms with Crippen molar-refractivity contribution in [3.63, 3.8) is 0 Å². The molecule has 2 N–H and O–H groups in total. The quantitative estimate of drug-likeness (QED) is 0.315. The number of carbonyl (C=O) groups is 1. The predicted octanol–water partition coefficient (Wildman–Crippen LogP) is -1.01. The first kappa shape index (κ1) is 9.90. The van der Waals surface area contributed by atoms with E-state index >= 15 is 0 Å². The Kier molecular flexibility index (Phi) is 4.21. The zero-order valence-corrected chi connectivity index (χ0v) is 6.90. The molecule has 0 radical (unpaired) electrons. The number of aliphatic hydroxyl groups is 1. The molecule has 0 aromatic heterocycles. The molecule has 0 aromatic carbocycles. The molecule has 0 aliphatic rings. The fraction of sp³-hybridized carbons (Fsp3) is 0.667. The van der Waals surface area contributed by atoms with Gasteiger partial charge in [-0.2, -0.15) is 5.10 Å². The lowest BCUT2D eigenvalue weighted by Crippen LogP contribution is -2.29. The van der Waals surface area contributed by atoms with Crippen LogP contribution in [-0.4, -0.2) is 42.5 Å². The average molecular weight is 159 g/mol. The number of amides is 1. The SMILES string of the molecule is C[C@H](O)C(=O)N/N=C/N(C)C. The zero-order chi connectivity index (χ0) is 8.85. The lowest BCUT2D eigenvalue weighted by atomic mass is 10.4. The Morgan fingerprint density at radius 1 is 1.73 bits per heavy atom. The van der Waals surface area contributed by atoms with Crippen molar-refractivity contribution in [1.29, 1.82) is 0 Å². The third kappa shape index (κ3) is 5.35. The van der Waals surface area contributed by atoms with E-state index < -0.39 is 12.0 Å². The minimum absolute atomic E-state index is 0.511. The molecule has 1 atom stereocenters. The molecule has 0 aromatic rings. The van der Waals surface area contributed by atoms with Crippen molar-refractivity contribution in [2.24, 2.45) is 5.10 Å². The molecule has 0 saturated carbocycles. The summed E-state index contributed by atoms with van der Waals surface area (Å²) in [5.41, 5.74) is 2.15. The molecule has 0 aliphatic heterocycles. The third-order valence-corrected chi connectivity index (χ3v) is 0.843. The maximum absolute atomic E-state index is 10.6. The van der Waals surface area contributed by atoms with Crippen molar-refractivity contribution in [1.82, 2.24) is 10.3 Å². The standard InChI is InChI=1S/C6H13N3O2/c1-5(10)6(11)8-7-4-9(2)3/h4-5,10H,1-3H3,(H,8,11)/b7-4+/t5-/m0/s1. The average Bonchev–Trinajstić information content (AvgIpc) is 1.86. The van der Waals surface area contributed by atoms with Gasteiger partial charge in [0.25, 0.3) is 5.91 Å². The van der Waals surface area contributed by atoms with E-state index in [1.54, 1.807) is 19.0 Å². The van der Waals surface area contributed by atoms with Crippen LogP contribution in [0.4, 0.5) is 0 Å². The molecule has 0 spiro atoms. The predicted molar refractivity (Wildman–Crippen MR) is 42.0 cm³/mol. The van der Waals surface area contributed by atoms with Gasteiger partial charge in [-0.15, -0.1) is 0 Å². The van der Waals surface area contributed by atoms with Crippen LogP contribution in [0.2, 0.25) is 0 Å². The lowest BCUT2D eigenvalue weighted by molar-refractivity contribution is -0.128. The minimum Gasteiger partial charge on any atom is -0.383 e. The Hall–Kier alpha value is -1.10. The van der Waals surface area contributed by atoms with Crippen molar-refractivity contribution in [3.8, 4) is 0 Å². The van der Waals surface area contributed by atoms with E-state index in [-0.39, 0.29) is 0 Å². The van der Waals surface area contributed by atoms with Crippen molar-refractivity contribution in [3.05, 3.63) is 0 Å². The fourth-order valence-electron chi connectivity index (χ4n) is 0.301. The summed E-state index contributed by atoms with van der Waals surface area (Å²) in [5, 5.41) is 12.2. The van der Waals surface area contributed by atoms with Gasteiger partial charge in [0, 0.05) is 14.1 Å². The number of nitrogens with zero attached hydrogens (tertiary/aromatic N) is 2. The molecule has 0 saturated heterocycles. The molecule has 0 unspecified atom stereocenters. The van der Waals surface area contributed by atoms with Crippen molar-refractivity contribution >= 4 is 12.2 Å². The maximum atomic E-state index is 10.6. The molecule has 5 nitrogen and oxygen atoms in total. The van der Waals surface area contributed by atoms with Crippen LogP contribution < -0.4 is 5.43 Å². The number of hydrogen-bond acceptors (Lipinski definition) is 3. The summed E-state index contributed by atoms with van der Waals surface area (Å²) in [6, 6.07) is 0. The van der Waals surface area contributed by atoms with Crippen LogP contribution in [0.15, 0.2) is 5.10 Å². The Labute approximate surface area is 65.7 Å². The molecule has 64 valence electrons. The topological polar surface area (TPSA) is 64.9 Å². The van der Waals surface area contributed by atoms with Crippen LogP contribution in [0.3, 0.4) is 0 Å². The van der Waals surface area contributed by atoms with Crippen molar-refractivity contribution < 1.29 is 9.90 Å². The smallest absolute Gasteiger partial charge is 0.268 e. The van der Waals surface area contributed by atoms with Gasteiger partial charge < -0.3 is 10.0 Å². The molecule has 1 amide bonds. The monoisotopic (exact) mass is 159 g/mol. The number of hydrazone groups is 1. The van der Waals surface area contributed by atoms with Crippen LogP contribution in [0.25, 0.3) is 0 Å². The van der Waals surface area contributed by atoms with E-state index in [0.717, 1.165) is 0 Å². The van der Waals surface area contributed by atoms with Gasteiger partial charge in [-0.1, -0.05) is 0 Å². The highest BCUT2D eigenvalue weighted by Gasteiger charge is 2.05. The molecule has 5 heteroatoms. The summed E-state index contributed by atoms with van der Waals surface area (Å²) < 4.78 is 0. The fourth-order valence-corrected chi connectivity index (χ4v) is 0.301. The molecular formula is C6H13N3O2. The van der Waals surface area contributed by atoms with Gasteiger partial charge in [0.15, 0.2) is 0 Å². The lowest BCUT2D eigenvalue weighted by Gasteiger charge is -2.03. The number of hydrogen-bond donors (Lipinski definition) is 2. The minimum atomic E-state index is -1.02. The van der Waals surface area contributed by atoms with Gasteiger partial charge in [-0.25, -0.2) is 5.43 Å². The number of aliphatic hydroxyl groups excluding tert-OH is 1. The highest BCUT2D eigenvalue weighted by molar-refractivity contribution is 5.80. The second-order valence-electron chi connectivity index (χ2n) is 2.36. The van der Waals surface area contributed by atoms with E-state index in [4.69, 9.17) is 5.11 Å². The molecule has 0 fully saturated rings. The number of carbonyl (C=O) groups excluding carboxylic acids is 1. The summed E-state index contributed by atoms with van der Waals surface area (Å²) >= 11 is 0. The first-order chi connectivity index (χ1) is 5.04. The van der Waals surface area contributed by atoms with E-state index in [9.17, 15) is 4.79 Å². The summed E-state index contributed by atoms with van der Waals surface area (Å²) in [4.78, 5) is 12.3. The largest absolute Gasteiger partial charge is 0.383 e. The molecule has 11 heavy (non-hydrogen) atoms. The Morgan fingerprint density at radius 3 is 2.64 bits per heavy atom. The summed E-state index contributed by atoms with van der Waals surface area (Å²) in [6.07, 6.45) is 0.412. The second-order valence-corrected chi connectivity index (χ2v) is 2.36. The van der Waals surface area contributed by atoms with Gasteiger partial charge in [-0.3, -0.25) is 4.79 Å². The van der Waals surface area contributed by atoms with E-state index in [1.807, 2.05) is 0 Å². The molecular weight excluding hydrogens is 146 g/mol. The normalized spacial score (nSPS) is 13.1. The van der Waals surface area contributed by atoms with Gasteiger partial charge >= 0.3 is 0 Å². The summed E-state index contributed by atoms with van der Waals surface area (Å²) in [5.74, 6) is -0.511. The summed E-state index contributed by atoms with van der Waals surface area (Å²) in [6.45, 7) is 1.38. The van der Waals surface area contributed by atoms with Gasteiger partial charge in [-0.05, 0) is 6.92 Å². The first-order valence-corrected chi connectivity index (χ1v) is 3.21. The van der Waals surface area contributed by atoms with Gasteiger partial charge in [0.2, 0.25) is 0 Å². The third-order valence-electron chi connectivity index (χ3n) is 0.843. The Morgan fingerprint density at radius 2 is 2.27 bits per heavy atom. The Balaban J connectivity index is 3.62. The molecule has 0 bridgehead atoms. The maximum Gasteiger partial charge on any atom is 0.268 e. The number of rotatable bonds is 3. The van der Waals surface area contributed by atoms with Crippen LogP contribution in [-0.2, 0) is 4.79 Å². The van der Waals surface area contributed by atoms with E-state index in [0.29, 0.717) is 0 Å². The zero-order valence-electron chi connectivity index (χ0n) is 6.90. The van der Waals surface area contributed by atoms with Crippen LogP contribution in [0, 0.1) is 0 Å². The summed E-state index contributed by atoms with van der Waals surface area (Å²) in [7, 11) is 3.55. The molecule has 0 aliphatic carbocycles. The van der Waals surface area contributed by atoms with Crippen LogP contribution >= 0.6 is 0 Å². The van der Waals surface area contributed by atoms with Gasteiger partial charge in [0.1, 0.15) is 12.4 Å². The van der Waals surface area contributed by atoms with Crippen molar-refractivity contribution in [2.45, 2.75) is 13.0 Å². The highest BCUT2D eigenvalue weighted by Crippen LogP contribution is 1.77. The number of nitrogens with one attached hydrogen (secondary N) is 1. The van der Waals surface area contributed by atoms with E-state index in [1.165, 1.54) is 13.3 Å². The van der Waals surface area contributed by atoms with Crippen molar-refractivity contribution in [2.75, 3.05) is 14.1 Å². The first-order valence-electron chi connectivity index (χ1n) is 3.21. The molecule has 0 heterocycles. The second kappa shape index (κ2) is 4.68. The molecule has 0 rings (SSSR count).